The van der Waals surface area contributed by atoms with Crippen LogP contribution in [0.1, 0.15) is 6.42 Å². The lowest BCUT2D eigenvalue weighted by Crippen LogP contribution is -2.49. The number of ketones is 2. The number of rotatable bonds is 0. The molecule has 4 atom stereocenters. The molecule has 1 fully saturated rings. The maximum atomic E-state index is 12.0. The molecule has 0 aliphatic heterocycles. The fourth-order valence-corrected chi connectivity index (χ4v) is 4.45. The minimum Gasteiger partial charge on any atom is -0.293 e. The molecule has 3 aliphatic carbocycles. The van der Waals surface area contributed by atoms with Crippen LogP contribution in [0.5, 0.6) is 0 Å². The number of carbonyl (C=O) groups is 2. The molecule has 0 saturated heterocycles. The van der Waals surface area contributed by atoms with Gasteiger partial charge >= 0.3 is 0 Å². The van der Waals surface area contributed by atoms with Crippen LogP contribution in [-0.2, 0) is 9.59 Å². The Labute approximate surface area is 104 Å². The molecule has 1 saturated carbocycles. The van der Waals surface area contributed by atoms with Crippen LogP contribution in [0.25, 0.3) is 0 Å². The molecule has 0 heterocycles. The molecule has 0 spiro atoms. The molecule has 0 aromatic carbocycles. The lowest BCUT2D eigenvalue weighted by Gasteiger charge is -2.36. The summed E-state index contributed by atoms with van der Waals surface area (Å²) in [5.41, 5.74) is 0. The van der Waals surface area contributed by atoms with Gasteiger partial charge in [-0.1, -0.05) is 28.1 Å². The fourth-order valence-electron chi connectivity index (χ4n) is 2.99. The first-order valence-corrected chi connectivity index (χ1v) is 6.47. The average molecular weight is 332 g/mol. The van der Waals surface area contributed by atoms with Gasteiger partial charge in [0.05, 0.1) is 10.4 Å². The summed E-state index contributed by atoms with van der Waals surface area (Å²) in [6.07, 6.45) is 6.48. The van der Waals surface area contributed by atoms with Gasteiger partial charge in [0.1, 0.15) is 4.32 Å². The van der Waals surface area contributed by atoms with Crippen LogP contribution in [0.2, 0.25) is 0 Å². The highest BCUT2D eigenvalue weighted by molar-refractivity contribution is 9.12. The smallest absolute Gasteiger partial charge is 0.175 e. The van der Waals surface area contributed by atoms with E-state index in [1.165, 1.54) is 6.08 Å². The largest absolute Gasteiger partial charge is 0.293 e. The van der Waals surface area contributed by atoms with Crippen molar-refractivity contribution in [1.29, 1.82) is 0 Å². The molecular weight excluding hydrogens is 324 g/mol. The van der Waals surface area contributed by atoms with Crippen molar-refractivity contribution < 1.29 is 9.59 Å². The Balaban J connectivity index is 2.19. The third-order valence-electron chi connectivity index (χ3n) is 3.69. The topological polar surface area (TPSA) is 34.1 Å². The molecule has 0 radical (unpaired) electrons. The van der Waals surface area contributed by atoms with Gasteiger partial charge in [0.2, 0.25) is 0 Å². The Kier molecular flexibility index (Phi) is 1.94. The lowest BCUT2D eigenvalue weighted by molar-refractivity contribution is -0.127. The van der Waals surface area contributed by atoms with E-state index < -0.39 is 4.32 Å². The Morgan fingerprint density at radius 1 is 1.33 bits per heavy atom. The number of Topliss-reactive ketones (excluding diaryl/α,β-unsaturated/α-hetero) is 1. The Morgan fingerprint density at radius 2 is 2.07 bits per heavy atom. The van der Waals surface area contributed by atoms with E-state index in [9.17, 15) is 9.59 Å². The summed E-state index contributed by atoms with van der Waals surface area (Å²) in [5, 5.41) is 0. The first-order valence-electron chi connectivity index (χ1n) is 4.88. The van der Waals surface area contributed by atoms with E-state index in [1.54, 1.807) is 0 Å². The first-order chi connectivity index (χ1) is 7.05. The summed E-state index contributed by atoms with van der Waals surface area (Å²) in [5.74, 6) is 0.284. The fraction of sp³-hybridized carbons (Fsp3) is 0.455. The monoisotopic (exact) mass is 330 g/mol. The molecule has 0 amide bonds. The summed E-state index contributed by atoms with van der Waals surface area (Å²) >= 11 is 6.70. The average Bonchev–Trinajstić information content (AvgIpc) is 2.74. The summed E-state index contributed by atoms with van der Waals surface area (Å²) < 4.78 is -0.227. The van der Waals surface area contributed by atoms with Crippen molar-refractivity contribution in [2.75, 3.05) is 0 Å². The summed E-state index contributed by atoms with van der Waals surface area (Å²) in [7, 11) is 0. The van der Waals surface area contributed by atoms with E-state index in [1.807, 2.05) is 0 Å². The van der Waals surface area contributed by atoms with Gasteiger partial charge in [0.25, 0.3) is 0 Å². The van der Waals surface area contributed by atoms with E-state index in [0.717, 1.165) is 6.42 Å². The zero-order valence-electron chi connectivity index (χ0n) is 7.74. The molecule has 0 aromatic heterocycles. The van der Waals surface area contributed by atoms with Crippen LogP contribution < -0.4 is 0 Å². The van der Waals surface area contributed by atoms with Crippen LogP contribution in [0.4, 0.5) is 0 Å². The quantitative estimate of drug-likeness (QED) is 0.504. The van der Waals surface area contributed by atoms with E-state index in [2.05, 4.69) is 44.0 Å². The van der Waals surface area contributed by atoms with Gasteiger partial charge in [-0.2, -0.15) is 0 Å². The molecular formula is C11H8Br2O2. The maximum Gasteiger partial charge on any atom is 0.175 e. The molecule has 3 rings (SSSR count). The number of allylic oxidation sites excluding steroid dienone is 4. The Morgan fingerprint density at radius 3 is 2.80 bits per heavy atom. The molecule has 0 N–H and O–H groups in total. The van der Waals surface area contributed by atoms with E-state index in [-0.39, 0.29) is 29.3 Å². The minimum absolute atomic E-state index is 0.0239. The number of carbonyl (C=O) groups excluding carboxylic acids is 2. The van der Waals surface area contributed by atoms with E-state index in [4.69, 9.17) is 0 Å². The van der Waals surface area contributed by atoms with Crippen molar-refractivity contribution in [2.45, 2.75) is 10.7 Å². The zero-order chi connectivity index (χ0) is 10.8. The molecule has 15 heavy (non-hydrogen) atoms. The zero-order valence-corrected chi connectivity index (χ0v) is 10.9. The normalized spacial score (nSPS) is 47.1. The van der Waals surface area contributed by atoms with Crippen molar-refractivity contribution >= 4 is 43.4 Å². The highest BCUT2D eigenvalue weighted by atomic mass is 79.9. The number of hydrogen-bond acceptors (Lipinski definition) is 2. The number of fused-ring (bicyclic) bond motifs is 5. The molecule has 78 valence electrons. The predicted octanol–water partition coefficient (Wildman–Crippen LogP) is 2.37. The number of alkyl halides is 1. The number of halogens is 2. The van der Waals surface area contributed by atoms with Gasteiger partial charge in [-0.15, -0.1) is 0 Å². The summed E-state index contributed by atoms with van der Waals surface area (Å²) in [6.45, 7) is 0. The van der Waals surface area contributed by atoms with Crippen molar-refractivity contribution in [3.8, 4) is 0 Å². The highest BCUT2D eigenvalue weighted by Gasteiger charge is 2.62. The molecule has 0 aromatic rings. The van der Waals surface area contributed by atoms with Gasteiger partial charge in [-0.25, -0.2) is 0 Å². The van der Waals surface area contributed by atoms with Crippen molar-refractivity contribution in [3.63, 3.8) is 0 Å². The second-order valence-corrected chi connectivity index (χ2v) is 6.52. The molecule has 0 unspecified atom stereocenters. The Bertz CT molecular complexity index is 438. The lowest BCUT2D eigenvalue weighted by atomic mass is 9.74. The van der Waals surface area contributed by atoms with Crippen LogP contribution in [0.3, 0.4) is 0 Å². The van der Waals surface area contributed by atoms with Crippen molar-refractivity contribution in [2.24, 2.45) is 17.8 Å². The van der Waals surface area contributed by atoms with Gasteiger partial charge in [-0.3, -0.25) is 9.59 Å². The van der Waals surface area contributed by atoms with Crippen LogP contribution >= 0.6 is 31.9 Å². The van der Waals surface area contributed by atoms with Gasteiger partial charge < -0.3 is 0 Å². The van der Waals surface area contributed by atoms with Gasteiger partial charge in [0.15, 0.2) is 11.6 Å². The third kappa shape index (κ3) is 1.04. The molecule has 4 heteroatoms. The SMILES string of the molecule is O=C1C(Br)=CC(=O)[C@@]2(Br)[C@H]3C=C[C@H](C3)[C@H]12. The van der Waals surface area contributed by atoms with Crippen LogP contribution in [0.15, 0.2) is 22.7 Å². The maximum absolute atomic E-state index is 12.0. The van der Waals surface area contributed by atoms with Crippen LogP contribution in [-0.4, -0.2) is 15.9 Å². The summed E-state index contributed by atoms with van der Waals surface area (Å²) in [4.78, 5) is 24.0. The molecule has 3 aliphatic rings. The standard InChI is InChI=1S/C11H8Br2O2/c12-7-4-8(14)11(13)6-2-1-5(3-6)9(11)10(7)15/h1-2,4-6,9H,3H2/t5-,6+,9-,11+/m1/s1. The van der Waals surface area contributed by atoms with Crippen molar-refractivity contribution in [1.82, 2.24) is 0 Å². The van der Waals surface area contributed by atoms with Gasteiger partial charge in [-0.05, 0) is 28.3 Å². The molecule has 2 nitrogen and oxygen atoms in total. The highest BCUT2D eigenvalue weighted by Crippen LogP contribution is 2.58. The number of hydrogen-bond donors (Lipinski definition) is 0. The molecule has 2 bridgehead atoms. The predicted molar refractivity (Wildman–Crippen MR) is 62.9 cm³/mol. The second-order valence-electron chi connectivity index (χ2n) is 4.36. The van der Waals surface area contributed by atoms with Crippen LogP contribution in [0, 0.1) is 17.8 Å². The van der Waals surface area contributed by atoms with Crippen molar-refractivity contribution in [3.05, 3.63) is 22.7 Å². The van der Waals surface area contributed by atoms with E-state index in [0.29, 0.717) is 4.48 Å². The second kappa shape index (κ2) is 2.92. The Hall–Kier alpha value is -0.220. The third-order valence-corrected chi connectivity index (χ3v) is 5.78. The summed E-state index contributed by atoms with van der Waals surface area (Å²) in [6, 6.07) is 0. The minimum atomic E-state index is -0.652. The first kappa shape index (κ1) is 9.97. The van der Waals surface area contributed by atoms with E-state index >= 15 is 0 Å². The van der Waals surface area contributed by atoms with Gasteiger partial charge in [0, 0.05) is 12.0 Å².